The van der Waals surface area contributed by atoms with E-state index in [1.54, 1.807) is 36.4 Å². The Hall–Kier alpha value is -3.94. The predicted molar refractivity (Wildman–Crippen MR) is 102 cm³/mol. The van der Waals surface area contributed by atoms with E-state index >= 15 is 0 Å². The molecule has 0 amide bonds. The number of H-pyrrole nitrogens is 1. The molecule has 0 unspecified atom stereocenters. The zero-order valence-corrected chi connectivity index (χ0v) is 14.9. The lowest BCUT2D eigenvalue weighted by Crippen LogP contribution is -2.30. The number of nitrogens with zero attached hydrogens (tertiary/aromatic N) is 3. The van der Waals surface area contributed by atoms with Crippen molar-refractivity contribution < 1.29 is 9.84 Å². The van der Waals surface area contributed by atoms with E-state index in [4.69, 9.17) is 4.74 Å². The first kappa shape index (κ1) is 17.5. The highest BCUT2D eigenvalue weighted by Gasteiger charge is 2.15. The molecular formula is C20H16N4O4. The van der Waals surface area contributed by atoms with E-state index in [-0.39, 0.29) is 11.4 Å². The molecule has 4 rings (SSSR count). The third-order valence-corrected chi connectivity index (χ3v) is 4.15. The fourth-order valence-electron chi connectivity index (χ4n) is 2.88. The quantitative estimate of drug-likeness (QED) is 0.704. The molecule has 0 spiro atoms. The summed E-state index contributed by atoms with van der Waals surface area (Å²) in [4.78, 5) is 35.4. The molecule has 2 heterocycles. The molecule has 140 valence electrons. The Morgan fingerprint density at radius 3 is 2.32 bits per heavy atom. The zero-order chi connectivity index (χ0) is 19.7. The molecule has 0 aliphatic carbocycles. The lowest BCUT2D eigenvalue weighted by Gasteiger charge is -2.10. The highest BCUT2D eigenvalue weighted by Crippen LogP contribution is 2.21. The van der Waals surface area contributed by atoms with Crippen molar-refractivity contribution in [3.05, 3.63) is 91.5 Å². The van der Waals surface area contributed by atoms with Crippen molar-refractivity contribution in [1.29, 1.82) is 0 Å². The normalized spacial score (nSPS) is 12.1. The molecule has 0 radical (unpaired) electrons. The number of ether oxygens (including phenoxy) is 1. The van der Waals surface area contributed by atoms with Gasteiger partial charge in [0.25, 0.3) is 5.56 Å². The van der Waals surface area contributed by atoms with Gasteiger partial charge in [0, 0.05) is 6.08 Å². The van der Waals surface area contributed by atoms with Crippen LogP contribution in [0, 0.1) is 0 Å². The van der Waals surface area contributed by atoms with Gasteiger partial charge in [0.15, 0.2) is 5.82 Å². The third-order valence-electron chi connectivity index (χ3n) is 4.15. The maximum absolute atomic E-state index is 12.3. The number of hydrogen-bond donors (Lipinski definition) is 2. The van der Waals surface area contributed by atoms with E-state index in [1.807, 2.05) is 19.1 Å². The minimum atomic E-state index is -0.752. The van der Waals surface area contributed by atoms with Crippen molar-refractivity contribution in [3.63, 3.8) is 0 Å². The SMILES string of the molecule is CCOc1ccc(-n2c(O)c(C=C3N=c4ccccc4=N3)c(=O)[nH]c2=O)cc1. The number of nitrogens with one attached hydrogen (secondary N) is 1. The highest BCUT2D eigenvalue weighted by atomic mass is 16.5. The Morgan fingerprint density at radius 1 is 1.07 bits per heavy atom. The molecule has 0 saturated carbocycles. The Balaban J connectivity index is 1.83. The van der Waals surface area contributed by atoms with Gasteiger partial charge in [-0.15, -0.1) is 0 Å². The standard InChI is InChI=1S/C20H16N4O4/c1-2-28-13-9-7-12(8-10-13)24-19(26)14(18(25)23-20(24)27)11-17-21-15-5-3-4-6-16(15)22-17/h3-11,26H,2H2,1H3,(H,23,25,27). The van der Waals surface area contributed by atoms with Gasteiger partial charge in [-0.2, -0.15) is 0 Å². The van der Waals surface area contributed by atoms with Crippen LogP contribution < -0.4 is 26.7 Å². The molecule has 0 atom stereocenters. The van der Waals surface area contributed by atoms with E-state index in [1.165, 1.54) is 6.08 Å². The van der Waals surface area contributed by atoms with Gasteiger partial charge >= 0.3 is 5.69 Å². The maximum Gasteiger partial charge on any atom is 0.335 e. The Labute approximate surface area is 158 Å². The van der Waals surface area contributed by atoms with E-state index < -0.39 is 17.1 Å². The molecule has 1 aliphatic heterocycles. The van der Waals surface area contributed by atoms with E-state index in [0.717, 1.165) is 4.57 Å². The second-order valence-corrected chi connectivity index (χ2v) is 5.97. The summed E-state index contributed by atoms with van der Waals surface area (Å²) in [6.07, 6.45) is 1.35. The number of benzene rings is 2. The van der Waals surface area contributed by atoms with Crippen LogP contribution in [0.3, 0.4) is 0 Å². The fourth-order valence-corrected chi connectivity index (χ4v) is 2.88. The van der Waals surface area contributed by atoms with Crippen molar-refractivity contribution in [3.8, 4) is 17.3 Å². The molecule has 0 saturated heterocycles. The van der Waals surface area contributed by atoms with Gasteiger partial charge in [-0.05, 0) is 43.3 Å². The van der Waals surface area contributed by atoms with Crippen LogP contribution in [0.4, 0.5) is 0 Å². The average molecular weight is 376 g/mol. The van der Waals surface area contributed by atoms with Crippen molar-refractivity contribution in [1.82, 2.24) is 9.55 Å². The second-order valence-electron chi connectivity index (χ2n) is 5.97. The molecule has 8 heteroatoms. The number of fused-ring (bicyclic) bond motifs is 1. The maximum atomic E-state index is 12.3. The summed E-state index contributed by atoms with van der Waals surface area (Å²) in [6, 6.07) is 13.8. The number of aromatic hydroxyl groups is 1. The van der Waals surface area contributed by atoms with Crippen LogP contribution in [0.5, 0.6) is 11.6 Å². The van der Waals surface area contributed by atoms with Crippen molar-refractivity contribution >= 4 is 6.08 Å². The van der Waals surface area contributed by atoms with Gasteiger partial charge < -0.3 is 9.84 Å². The van der Waals surface area contributed by atoms with Gasteiger partial charge in [-0.1, -0.05) is 12.1 Å². The van der Waals surface area contributed by atoms with Gasteiger partial charge in [0.05, 0.1) is 23.0 Å². The molecule has 2 aromatic carbocycles. The topological polar surface area (TPSA) is 109 Å². The summed E-state index contributed by atoms with van der Waals surface area (Å²) >= 11 is 0. The smallest absolute Gasteiger partial charge is 0.335 e. The van der Waals surface area contributed by atoms with E-state index in [9.17, 15) is 14.7 Å². The molecule has 0 fully saturated rings. The monoisotopic (exact) mass is 376 g/mol. The minimum absolute atomic E-state index is 0.108. The first-order valence-electron chi connectivity index (χ1n) is 8.62. The lowest BCUT2D eigenvalue weighted by molar-refractivity contribution is 0.340. The number of aromatic nitrogens is 2. The number of rotatable bonds is 4. The van der Waals surface area contributed by atoms with Gasteiger partial charge in [0.1, 0.15) is 11.3 Å². The predicted octanol–water partition coefficient (Wildman–Crippen LogP) is 0.882. The number of para-hydroxylation sites is 2. The second kappa shape index (κ2) is 6.99. The largest absolute Gasteiger partial charge is 0.494 e. The number of aromatic amines is 1. The van der Waals surface area contributed by atoms with E-state index in [0.29, 0.717) is 28.8 Å². The molecular weight excluding hydrogens is 360 g/mol. The Kier molecular flexibility index (Phi) is 4.36. The molecule has 8 nitrogen and oxygen atoms in total. The van der Waals surface area contributed by atoms with Gasteiger partial charge in [-0.3, -0.25) is 9.78 Å². The highest BCUT2D eigenvalue weighted by molar-refractivity contribution is 5.58. The minimum Gasteiger partial charge on any atom is -0.494 e. The first-order chi connectivity index (χ1) is 13.6. The summed E-state index contributed by atoms with van der Waals surface area (Å²) in [5, 5.41) is 12.0. The van der Waals surface area contributed by atoms with Crippen LogP contribution in [-0.2, 0) is 0 Å². The fraction of sp³-hybridized carbons (Fsp3) is 0.100. The van der Waals surface area contributed by atoms with Crippen LogP contribution in [0.25, 0.3) is 11.8 Å². The summed E-state index contributed by atoms with van der Waals surface area (Å²) in [7, 11) is 0. The Bertz CT molecular complexity index is 1280. The van der Waals surface area contributed by atoms with Crippen molar-refractivity contribution in [2.75, 3.05) is 6.61 Å². The van der Waals surface area contributed by atoms with Crippen LogP contribution in [0.15, 0.2) is 73.9 Å². The van der Waals surface area contributed by atoms with Gasteiger partial charge in [0.2, 0.25) is 5.88 Å². The average Bonchev–Trinajstić information content (AvgIpc) is 3.09. The van der Waals surface area contributed by atoms with Crippen LogP contribution in [-0.4, -0.2) is 21.3 Å². The van der Waals surface area contributed by atoms with E-state index in [2.05, 4.69) is 15.0 Å². The van der Waals surface area contributed by atoms with Crippen LogP contribution in [0.1, 0.15) is 12.5 Å². The molecule has 1 aromatic heterocycles. The van der Waals surface area contributed by atoms with Crippen LogP contribution >= 0.6 is 0 Å². The summed E-state index contributed by atoms with van der Waals surface area (Å²) < 4.78 is 6.38. The summed E-state index contributed by atoms with van der Waals surface area (Å²) in [5.74, 6) is 0.400. The Morgan fingerprint density at radius 2 is 1.71 bits per heavy atom. The first-order valence-corrected chi connectivity index (χ1v) is 8.62. The zero-order valence-electron chi connectivity index (χ0n) is 14.9. The molecule has 1 aliphatic rings. The summed E-state index contributed by atoms with van der Waals surface area (Å²) in [5.41, 5.74) is -1.20. The van der Waals surface area contributed by atoms with Gasteiger partial charge in [-0.25, -0.2) is 19.3 Å². The van der Waals surface area contributed by atoms with Crippen LogP contribution in [0.2, 0.25) is 0 Å². The third kappa shape index (κ3) is 3.11. The van der Waals surface area contributed by atoms with Crippen molar-refractivity contribution in [2.45, 2.75) is 6.92 Å². The summed E-state index contributed by atoms with van der Waals surface area (Å²) in [6.45, 7) is 2.37. The molecule has 3 aromatic rings. The molecule has 0 bridgehead atoms. The molecule has 2 N–H and O–H groups in total. The number of hydrogen-bond acceptors (Lipinski definition) is 6. The lowest BCUT2D eigenvalue weighted by atomic mass is 10.2. The molecule has 28 heavy (non-hydrogen) atoms. The van der Waals surface area contributed by atoms with Crippen molar-refractivity contribution in [2.24, 2.45) is 9.98 Å².